The van der Waals surface area contributed by atoms with Crippen molar-refractivity contribution in [3.63, 3.8) is 0 Å². The van der Waals surface area contributed by atoms with Crippen LogP contribution in [0.3, 0.4) is 0 Å². The van der Waals surface area contributed by atoms with E-state index in [1.807, 2.05) is 24.3 Å². The fourth-order valence-electron chi connectivity index (χ4n) is 4.43. The Hall–Kier alpha value is -2.12. The highest BCUT2D eigenvalue weighted by Gasteiger charge is 2.39. The van der Waals surface area contributed by atoms with Crippen LogP contribution in [0, 0.1) is 11.8 Å². The van der Waals surface area contributed by atoms with Crippen LogP contribution in [-0.4, -0.2) is 26.6 Å². The minimum absolute atomic E-state index is 0.228. The van der Waals surface area contributed by atoms with Crippen molar-refractivity contribution in [2.75, 3.05) is 16.7 Å². The lowest BCUT2D eigenvalue weighted by Crippen LogP contribution is -2.40. The van der Waals surface area contributed by atoms with Gasteiger partial charge in [-0.1, -0.05) is 30.7 Å². The highest BCUT2D eigenvalue weighted by molar-refractivity contribution is 7.92. The molecule has 0 aliphatic heterocycles. The van der Waals surface area contributed by atoms with Crippen molar-refractivity contribution in [1.82, 2.24) is 5.32 Å². The van der Waals surface area contributed by atoms with Crippen molar-refractivity contribution in [3.8, 4) is 0 Å². The standard InChI is InChI=1S/C21H25N3O2S2/c1-24(18-7-3-2-4-8-18)28(25,26)19-9-5-6-17(14-19)22-21(27)23-20-13-15-10-11-16(20)12-15/h2-9,14-16,20H,10-13H2,1H3,(H2,22,23,27). The fraction of sp³-hybridized carbons (Fsp3) is 0.381. The lowest BCUT2D eigenvalue weighted by atomic mass is 9.96. The monoisotopic (exact) mass is 415 g/mol. The van der Waals surface area contributed by atoms with Crippen LogP contribution in [0.25, 0.3) is 0 Å². The van der Waals surface area contributed by atoms with Crippen molar-refractivity contribution in [2.24, 2.45) is 11.8 Å². The Morgan fingerprint density at radius 3 is 2.54 bits per heavy atom. The van der Waals surface area contributed by atoms with Gasteiger partial charge in [-0.2, -0.15) is 0 Å². The molecule has 0 saturated heterocycles. The van der Waals surface area contributed by atoms with Gasteiger partial charge in [-0.3, -0.25) is 4.31 Å². The van der Waals surface area contributed by atoms with Crippen LogP contribution in [0.1, 0.15) is 25.7 Å². The van der Waals surface area contributed by atoms with Crippen LogP contribution in [0.15, 0.2) is 59.5 Å². The first kappa shape index (κ1) is 19.2. The van der Waals surface area contributed by atoms with Crippen molar-refractivity contribution in [2.45, 2.75) is 36.6 Å². The molecule has 2 N–H and O–H groups in total. The molecule has 2 fully saturated rings. The molecule has 0 aromatic heterocycles. The third-order valence-corrected chi connectivity index (χ3v) is 7.93. The van der Waals surface area contributed by atoms with E-state index in [4.69, 9.17) is 12.2 Å². The summed E-state index contributed by atoms with van der Waals surface area (Å²) in [5.41, 5.74) is 1.29. The first-order chi connectivity index (χ1) is 13.4. The van der Waals surface area contributed by atoms with E-state index < -0.39 is 10.0 Å². The van der Waals surface area contributed by atoms with E-state index in [0.717, 1.165) is 11.8 Å². The number of hydrogen-bond acceptors (Lipinski definition) is 3. The minimum atomic E-state index is -3.65. The number of benzene rings is 2. The summed E-state index contributed by atoms with van der Waals surface area (Å²) in [6.45, 7) is 0. The molecule has 0 radical (unpaired) electrons. The number of para-hydroxylation sites is 1. The van der Waals surface area contributed by atoms with Gasteiger partial charge in [0, 0.05) is 18.8 Å². The number of sulfonamides is 1. The van der Waals surface area contributed by atoms with Crippen LogP contribution in [0.5, 0.6) is 0 Å². The average molecular weight is 416 g/mol. The SMILES string of the molecule is CN(c1ccccc1)S(=O)(=O)c1cccc(NC(=S)NC2CC3CCC2C3)c1. The molecule has 4 rings (SSSR count). The molecular formula is C21H25N3O2S2. The second-order valence-corrected chi connectivity index (χ2v) is 10.1. The summed E-state index contributed by atoms with van der Waals surface area (Å²) in [6, 6.07) is 16.3. The molecular weight excluding hydrogens is 390 g/mol. The van der Waals surface area contributed by atoms with Gasteiger partial charge >= 0.3 is 0 Å². The van der Waals surface area contributed by atoms with Crippen molar-refractivity contribution < 1.29 is 8.42 Å². The highest BCUT2D eigenvalue weighted by atomic mass is 32.2. The first-order valence-corrected chi connectivity index (χ1v) is 11.5. The number of hydrogen-bond donors (Lipinski definition) is 2. The Kier molecular flexibility index (Phi) is 5.29. The van der Waals surface area contributed by atoms with Gasteiger partial charge in [0.1, 0.15) is 0 Å². The maximum absolute atomic E-state index is 13.0. The van der Waals surface area contributed by atoms with Crippen LogP contribution in [0.2, 0.25) is 0 Å². The number of thiocarbonyl (C=S) groups is 1. The van der Waals surface area contributed by atoms with Gasteiger partial charge in [-0.05, 0) is 73.6 Å². The lowest BCUT2D eigenvalue weighted by Gasteiger charge is -2.24. The summed E-state index contributed by atoms with van der Waals surface area (Å²) >= 11 is 5.47. The van der Waals surface area contributed by atoms with Crippen LogP contribution < -0.4 is 14.9 Å². The fourth-order valence-corrected chi connectivity index (χ4v) is 5.94. The summed E-state index contributed by atoms with van der Waals surface area (Å²) in [5, 5.41) is 7.14. The van der Waals surface area contributed by atoms with E-state index in [-0.39, 0.29) is 4.90 Å². The molecule has 0 amide bonds. The Balaban J connectivity index is 1.46. The third kappa shape index (κ3) is 3.86. The number of fused-ring (bicyclic) bond motifs is 2. The second-order valence-electron chi connectivity index (χ2n) is 7.72. The maximum atomic E-state index is 13.0. The number of nitrogens with one attached hydrogen (secondary N) is 2. The van der Waals surface area contributed by atoms with E-state index in [1.54, 1.807) is 37.4 Å². The topological polar surface area (TPSA) is 61.4 Å². The predicted octanol–water partition coefficient (Wildman–Crippen LogP) is 3.99. The molecule has 2 aromatic carbocycles. The highest BCUT2D eigenvalue weighted by Crippen LogP contribution is 2.44. The van der Waals surface area contributed by atoms with E-state index in [2.05, 4.69) is 10.6 Å². The summed E-state index contributed by atoms with van der Waals surface area (Å²) < 4.78 is 27.3. The molecule has 0 spiro atoms. The molecule has 7 heteroatoms. The van der Waals surface area contributed by atoms with Crippen LogP contribution in [-0.2, 0) is 10.0 Å². The second kappa shape index (κ2) is 7.72. The Labute approximate surface area is 172 Å². The Morgan fingerprint density at radius 1 is 1.07 bits per heavy atom. The molecule has 3 atom stereocenters. The van der Waals surface area contributed by atoms with Gasteiger partial charge < -0.3 is 10.6 Å². The number of rotatable bonds is 5. The van der Waals surface area contributed by atoms with Gasteiger partial charge in [-0.25, -0.2) is 8.42 Å². The van der Waals surface area contributed by atoms with E-state index in [9.17, 15) is 8.42 Å². The molecule has 2 aliphatic carbocycles. The smallest absolute Gasteiger partial charge is 0.264 e. The molecule has 2 bridgehead atoms. The lowest BCUT2D eigenvalue weighted by molar-refractivity contribution is 0.392. The van der Waals surface area contributed by atoms with E-state index >= 15 is 0 Å². The molecule has 2 aromatic rings. The predicted molar refractivity (Wildman–Crippen MR) is 117 cm³/mol. The summed E-state index contributed by atoms with van der Waals surface area (Å²) in [6.07, 6.45) is 5.12. The molecule has 0 heterocycles. The third-order valence-electron chi connectivity index (χ3n) is 5.92. The van der Waals surface area contributed by atoms with Gasteiger partial charge in [0.25, 0.3) is 10.0 Å². The first-order valence-electron chi connectivity index (χ1n) is 9.65. The van der Waals surface area contributed by atoms with Crippen LogP contribution in [0.4, 0.5) is 11.4 Å². The zero-order valence-electron chi connectivity index (χ0n) is 15.8. The summed E-state index contributed by atoms with van der Waals surface area (Å²) in [7, 11) is -2.09. The quantitative estimate of drug-likeness (QED) is 0.723. The van der Waals surface area contributed by atoms with Crippen LogP contribution >= 0.6 is 12.2 Å². The molecule has 2 saturated carbocycles. The largest absolute Gasteiger partial charge is 0.359 e. The van der Waals surface area contributed by atoms with E-state index in [1.165, 1.54) is 30.0 Å². The Bertz CT molecular complexity index is 963. The summed E-state index contributed by atoms with van der Waals surface area (Å²) in [5.74, 6) is 1.56. The van der Waals surface area contributed by atoms with Gasteiger partial charge in [0.15, 0.2) is 5.11 Å². The zero-order chi connectivity index (χ0) is 19.7. The van der Waals surface area contributed by atoms with Crippen molar-refractivity contribution in [3.05, 3.63) is 54.6 Å². The minimum Gasteiger partial charge on any atom is -0.359 e. The van der Waals surface area contributed by atoms with Gasteiger partial charge in [0.2, 0.25) is 0 Å². The van der Waals surface area contributed by atoms with E-state index in [0.29, 0.717) is 22.5 Å². The van der Waals surface area contributed by atoms with Gasteiger partial charge in [-0.15, -0.1) is 0 Å². The normalized spacial score (nSPS) is 23.4. The molecule has 148 valence electrons. The molecule has 3 unspecified atom stereocenters. The maximum Gasteiger partial charge on any atom is 0.264 e. The Morgan fingerprint density at radius 2 is 1.86 bits per heavy atom. The zero-order valence-corrected chi connectivity index (χ0v) is 17.5. The molecule has 2 aliphatic rings. The average Bonchev–Trinajstić information content (AvgIpc) is 3.31. The van der Waals surface area contributed by atoms with Gasteiger partial charge in [0.05, 0.1) is 10.6 Å². The van der Waals surface area contributed by atoms with Crippen molar-refractivity contribution in [1.29, 1.82) is 0 Å². The van der Waals surface area contributed by atoms with Crippen molar-refractivity contribution >= 4 is 38.7 Å². The number of nitrogens with zero attached hydrogens (tertiary/aromatic N) is 1. The number of anilines is 2. The molecule has 5 nitrogen and oxygen atoms in total. The molecule has 28 heavy (non-hydrogen) atoms. The summed E-state index contributed by atoms with van der Waals surface area (Å²) in [4.78, 5) is 0.228.